The molecule has 0 amide bonds. The Hall–Kier alpha value is -0.610. The normalized spacial score (nSPS) is 57.7. The summed E-state index contributed by atoms with van der Waals surface area (Å²) in [5.41, 5.74) is 0.828. The van der Waals surface area contributed by atoms with E-state index in [1.54, 1.807) is 6.92 Å². The van der Waals surface area contributed by atoms with Crippen molar-refractivity contribution in [1.82, 2.24) is 0 Å². The van der Waals surface area contributed by atoms with Crippen LogP contribution in [-0.2, 0) is 19.0 Å². The predicted molar refractivity (Wildman–Crippen MR) is 127 cm³/mol. The van der Waals surface area contributed by atoms with Crippen LogP contribution in [0.1, 0.15) is 98.8 Å². The van der Waals surface area contributed by atoms with Crippen LogP contribution in [0.15, 0.2) is 0 Å². The number of carbonyl (C=O) groups excluding carboxylic acids is 1. The number of fused-ring (bicyclic) bond motifs is 7. The molecule has 2 heterocycles. The van der Waals surface area contributed by atoms with Crippen molar-refractivity contribution in [3.8, 4) is 0 Å². The van der Waals surface area contributed by atoms with Crippen LogP contribution in [0.4, 0.5) is 0 Å². The van der Waals surface area contributed by atoms with Crippen LogP contribution < -0.4 is 0 Å². The highest BCUT2D eigenvalue weighted by Crippen LogP contribution is 2.71. The minimum atomic E-state index is -0.300. The molecule has 4 nitrogen and oxygen atoms in total. The second-order valence-electron chi connectivity index (χ2n) is 13.7. The zero-order valence-corrected chi connectivity index (χ0v) is 21.6. The maximum atomic E-state index is 11.5. The van der Waals surface area contributed by atoms with Crippen molar-refractivity contribution in [3.63, 3.8) is 0 Å². The number of hydrogen-bond donors (Lipinski definition) is 0. The maximum absolute atomic E-state index is 11.5. The summed E-state index contributed by atoms with van der Waals surface area (Å²) < 4.78 is 19.1. The Morgan fingerprint density at radius 1 is 0.909 bits per heavy atom. The summed E-state index contributed by atoms with van der Waals surface area (Å²) in [5.74, 6) is 4.63. The summed E-state index contributed by atoms with van der Waals surface area (Å²) in [6, 6.07) is 0. The molecule has 4 heteroatoms. The van der Waals surface area contributed by atoms with Gasteiger partial charge in [0.15, 0.2) is 5.79 Å². The molecule has 4 aliphatic carbocycles. The summed E-state index contributed by atoms with van der Waals surface area (Å²) in [6.07, 6.45) is 12.9. The molecule has 0 bridgehead atoms. The summed E-state index contributed by atoms with van der Waals surface area (Å²) in [7, 11) is 0. The van der Waals surface area contributed by atoms with Crippen LogP contribution in [0.5, 0.6) is 0 Å². The lowest BCUT2D eigenvalue weighted by Gasteiger charge is -2.61. The first kappa shape index (κ1) is 22.8. The molecule has 0 aromatic rings. The van der Waals surface area contributed by atoms with Crippen LogP contribution in [0.25, 0.3) is 0 Å². The predicted octanol–water partition coefficient (Wildman–Crippen LogP) is 6.36. The van der Waals surface area contributed by atoms with Gasteiger partial charge >= 0.3 is 5.97 Å². The monoisotopic (exact) mass is 458 g/mol. The third kappa shape index (κ3) is 3.25. The van der Waals surface area contributed by atoms with Gasteiger partial charge in [-0.05, 0) is 104 Å². The molecule has 33 heavy (non-hydrogen) atoms. The fourth-order valence-corrected chi connectivity index (χ4v) is 10.6. The SMILES string of the molecule is CC(=O)O[C@H]1CC[C@]2(C)C3CC[C@@]4(C)C(C[C@@H]5O[C@]6(CCC(C)CO6)C(C)C54)C3CC[C@@H]2C1. The Labute approximate surface area is 200 Å². The van der Waals surface area contributed by atoms with Gasteiger partial charge in [-0.15, -0.1) is 0 Å². The Balaban J connectivity index is 1.21. The van der Waals surface area contributed by atoms with E-state index in [2.05, 4.69) is 27.7 Å². The average molecular weight is 459 g/mol. The number of esters is 1. The van der Waals surface area contributed by atoms with Crippen LogP contribution in [0.2, 0.25) is 0 Å². The topological polar surface area (TPSA) is 44.8 Å². The van der Waals surface area contributed by atoms with E-state index in [4.69, 9.17) is 14.2 Å². The molecule has 6 unspecified atom stereocenters. The van der Waals surface area contributed by atoms with E-state index in [-0.39, 0.29) is 17.9 Å². The highest BCUT2D eigenvalue weighted by atomic mass is 16.7. The summed E-state index contributed by atoms with van der Waals surface area (Å²) in [4.78, 5) is 11.5. The molecular formula is C29H46O4. The van der Waals surface area contributed by atoms with Gasteiger partial charge < -0.3 is 14.2 Å². The van der Waals surface area contributed by atoms with Crippen molar-refractivity contribution in [2.75, 3.05) is 6.61 Å². The van der Waals surface area contributed by atoms with Crippen LogP contribution in [0.3, 0.4) is 0 Å². The first-order chi connectivity index (χ1) is 15.7. The Bertz CT molecular complexity index is 786. The summed E-state index contributed by atoms with van der Waals surface area (Å²) in [5, 5.41) is 0. The molecular weight excluding hydrogens is 412 g/mol. The summed E-state index contributed by atoms with van der Waals surface area (Å²) >= 11 is 0. The Morgan fingerprint density at radius 2 is 1.70 bits per heavy atom. The van der Waals surface area contributed by atoms with Gasteiger partial charge in [0.1, 0.15) is 6.10 Å². The van der Waals surface area contributed by atoms with Crippen molar-refractivity contribution in [3.05, 3.63) is 0 Å². The molecule has 12 atom stereocenters. The van der Waals surface area contributed by atoms with Gasteiger partial charge in [0.2, 0.25) is 0 Å². The van der Waals surface area contributed by atoms with Crippen LogP contribution >= 0.6 is 0 Å². The van der Waals surface area contributed by atoms with Gasteiger partial charge in [-0.25, -0.2) is 0 Å². The molecule has 0 aromatic heterocycles. The average Bonchev–Trinajstić information content (AvgIpc) is 3.21. The van der Waals surface area contributed by atoms with Crippen molar-refractivity contribution in [2.45, 2.75) is 117 Å². The Kier molecular flexibility index (Phi) is 5.32. The van der Waals surface area contributed by atoms with Gasteiger partial charge in [-0.3, -0.25) is 4.79 Å². The second kappa shape index (κ2) is 7.69. The molecule has 1 spiro atoms. The fraction of sp³-hybridized carbons (Fsp3) is 0.966. The standard InChI is InChI=1S/C29H46O4/c1-17-8-13-29(31-16-17)18(2)26-25(33-29)15-24-22-7-6-20-14-21(32-19(3)30)9-11-27(20,4)23(22)10-12-28(24,26)5/h17-18,20-26H,6-16H2,1-5H3/t17?,18?,20-,21+,22?,23?,24?,25+,26?,27+,28+,29-/m1/s1. The molecule has 0 N–H and O–H groups in total. The second-order valence-corrected chi connectivity index (χ2v) is 13.7. The minimum absolute atomic E-state index is 0.105. The highest BCUT2D eigenvalue weighted by Gasteiger charge is 2.69. The number of ether oxygens (including phenoxy) is 3. The number of rotatable bonds is 1. The largest absolute Gasteiger partial charge is 0.463 e. The van der Waals surface area contributed by atoms with E-state index in [1.165, 1.54) is 44.9 Å². The lowest BCUT2D eigenvalue weighted by atomic mass is 9.44. The lowest BCUT2D eigenvalue weighted by molar-refractivity contribution is -0.273. The van der Waals surface area contributed by atoms with Gasteiger partial charge in [0.25, 0.3) is 0 Å². The van der Waals surface area contributed by atoms with Crippen molar-refractivity contribution in [2.24, 2.45) is 52.3 Å². The first-order valence-corrected chi connectivity index (χ1v) is 14.2. The van der Waals surface area contributed by atoms with Crippen molar-refractivity contribution < 1.29 is 19.0 Å². The zero-order chi connectivity index (χ0) is 23.2. The minimum Gasteiger partial charge on any atom is -0.463 e. The van der Waals surface area contributed by atoms with E-state index in [9.17, 15) is 4.79 Å². The van der Waals surface area contributed by atoms with E-state index in [1.807, 2.05) is 0 Å². The highest BCUT2D eigenvalue weighted by molar-refractivity contribution is 5.66. The maximum Gasteiger partial charge on any atom is 0.302 e. The molecule has 6 rings (SSSR count). The molecule has 6 fully saturated rings. The fourth-order valence-electron chi connectivity index (χ4n) is 10.6. The van der Waals surface area contributed by atoms with Gasteiger partial charge in [-0.2, -0.15) is 0 Å². The molecule has 6 aliphatic rings. The number of carbonyl (C=O) groups is 1. The van der Waals surface area contributed by atoms with Gasteiger partial charge in [0.05, 0.1) is 12.7 Å². The van der Waals surface area contributed by atoms with Crippen molar-refractivity contribution in [1.29, 1.82) is 0 Å². The van der Waals surface area contributed by atoms with Gasteiger partial charge in [0, 0.05) is 19.3 Å². The van der Waals surface area contributed by atoms with Gasteiger partial charge in [-0.1, -0.05) is 27.7 Å². The van der Waals surface area contributed by atoms with E-state index in [0.29, 0.717) is 34.7 Å². The third-order valence-electron chi connectivity index (χ3n) is 12.2. The molecule has 0 aromatic carbocycles. The molecule has 0 radical (unpaired) electrons. The van der Waals surface area contributed by atoms with E-state index >= 15 is 0 Å². The Morgan fingerprint density at radius 3 is 2.42 bits per heavy atom. The van der Waals surface area contributed by atoms with Crippen molar-refractivity contribution >= 4 is 5.97 Å². The first-order valence-electron chi connectivity index (χ1n) is 14.2. The summed E-state index contributed by atoms with van der Waals surface area (Å²) in [6.45, 7) is 12.4. The third-order valence-corrected chi connectivity index (χ3v) is 12.2. The van der Waals surface area contributed by atoms with E-state index in [0.717, 1.165) is 49.5 Å². The molecule has 2 saturated heterocycles. The van der Waals surface area contributed by atoms with Crippen LogP contribution in [-0.4, -0.2) is 30.6 Å². The molecule has 4 saturated carbocycles. The lowest BCUT2D eigenvalue weighted by Crippen LogP contribution is -2.55. The molecule has 186 valence electrons. The van der Waals surface area contributed by atoms with E-state index < -0.39 is 0 Å². The molecule has 2 aliphatic heterocycles. The quantitative estimate of drug-likeness (QED) is 0.429. The van der Waals surface area contributed by atoms with Crippen LogP contribution in [0, 0.1) is 52.3 Å². The zero-order valence-electron chi connectivity index (χ0n) is 21.6. The smallest absolute Gasteiger partial charge is 0.302 e. The number of hydrogen-bond acceptors (Lipinski definition) is 4.